The van der Waals surface area contributed by atoms with Crippen LogP contribution >= 0.6 is 0 Å². The van der Waals surface area contributed by atoms with Crippen molar-refractivity contribution in [3.8, 4) is 0 Å². The van der Waals surface area contributed by atoms with Crippen molar-refractivity contribution < 1.29 is 4.79 Å². The van der Waals surface area contributed by atoms with Gasteiger partial charge in [0.25, 0.3) is 0 Å². The Balaban J connectivity index is 1.79. The molecule has 1 aliphatic rings. The van der Waals surface area contributed by atoms with Crippen LogP contribution in [0.1, 0.15) is 45.2 Å². The summed E-state index contributed by atoms with van der Waals surface area (Å²) in [6, 6.07) is 6.26. The number of hydrogen-bond donors (Lipinski definition) is 1. The average molecular weight is 289 g/mol. The molecule has 4 heteroatoms. The lowest BCUT2D eigenvalue weighted by molar-refractivity contribution is -0.136. The molecule has 1 aromatic heterocycles. The number of pyridine rings is 1. The van der Waals surface area contributed by atoms with Gasteiger partial charge in [0.2, 0.25) is 5.91 Å². The molecule has 1 amide bonds. The van der Waals surface area contributed by atoms with Crippen molar-refractivity contribution >= 4 is 5.91 Å². The van der Waals surface area contributed by atoms with Crippen LogP contribution in [0.15, 0.2) is 24.4 Å². The molecule has 1 saturated heterocycles. The van der Waals surface area contributed by atoms with E-state index in [0.29, 0.717) is 6.04 Å². The number of aromatic nitrogens is 1. The Hall–Kier alpha value is -1.42. The lowest BCUT2D eigenvalue weighted by Gasteiger charge is -2.37. The first-order valence-corrected chi connectivity index (χ1v) is 8.16. The van der Waals surface area contributed by atoms with Gasteiger partial charge in [0.1, 0.15) is 0 Å². The van der Waals surface area contributed by atoms with E-state index in [0.717, 1.165) is 44.5 Å². The maximum absolute atomic E-state index is 12.6. The van der Waals surface area contributed by atoms with Crippen molar-refractivity contribution in [1.29, 1.82) is 0 Å². The molecule has 1 aliphatic heterocycles. The van der Waals surface area contributed by atoms with Gasteiger partial charge in [-0.3, -0.25) is 9.78 Å². The van der Waals surface area contributed by atoms with Crippen molar-refractivity contribution in [2.75, 3.05) is 13.1 Å². The van der Waals surface area contributed by atoms with Crippen LogP contribution in [0.2, 0.25) is 0 Å². The molecule has 116 valence electrons. The highest BCUT2D eigenvalue weighted by Crippen LogP contribution is 2.20. The fourth-order valence-electron chi connectivity index (χ4n) is 3.01. The van der Waals surface area contributed by atoms with Crippen LogP contribution in [0.3, 0.4) is 0 Å². The van der Waals surface area contributed by atoms with E-state index in [1.807, 2.05) is 31.3 Å². The first-order chi connectivity index (χ1) is 10.2. The minimum absolute atomic E-state index is 0.110. The summed E-state index contributed by atoms with van der Waals surface area (Å²) in [5, 5.41) is 3.34. The maximum Gasteiger partial charge on any atom is 0.239 e. The molecule has 0 spiro atoms. The largest absolute Gasteiger partial charge is 0.338 e. The SMILES string of the molecule is CC[C@@H]1CCCCN1C(=O)[C@@H](C)NCCc1ccccn1. The predicted octanol–water partition coefficient (Wildman–Crippen LogP) is 2.39. The van der Waals surface area contributed by atoms with Gasteiger partial charge >= 0.3 is 0 Å². The highest BCUT2D eigenvalue weighted by molar-refractivity contribution is 5.81. The molecule has 2 rings (SSSR count). The third-order valence-corrected chi connectivity index (χ3v) is 4.31. The Morgan fingerprint density at radius 2 is 2.33 bits per heavy atom. The molecule has 1 N–H and O–H groups in total. The lowest BCUT2D eigenvalue weighted by atomic mass is 9.99. The topological polar surface area (TPSA) is 45.2 Å². The highest BCUT2D eigenvalue weighted by Gasteiger charge is 2.28. The van der Waals surface area contributed by atoms with Crippen LogP contribution in [0.5, 0.6) is 0 Å². The normalized spacial score (nSPS) is 20.3. The number of carbonyl (C=O) groups is 1. The zero-order valence-electron chi connectivity index (χ0n) is 13.2. The molecule has 1 fully saturated rings. The second-order valence-corrected chi connectivity index (χ2v) is 5.84. The van der Waals surface area contributed by atoms with Crippen LogP contribution in [0, 0.1) is 0 Å². The number of likely N-dealkylation sites (tertiary alicyclic amines) is 1. The number of amides is 1. The van der Waals surface area contributed by atoms with Crippen molar-refractivity contribution in [1.82, 2.24) is 15.2 Å². The van der Waals surface area contributed by atoms with Gasteiger partial charge in [0.15, 0.2) is 0 Å². The molecule has 0 saturated carbocycles. The van der Waals surface area contributed by atoms with Crippen molar-refractivity contribution in [3.63, 3.8) is 0 Å². The van der Waals surface area contributed by atoms with Gasteiger partial charge in [-0.05, 0) is 44.7 Å². The van der Waals surface area contributed by atoms with E-state index in [1.54, 1.807) is 0 Å². The molecule has 0 aliphatic carbocycles. The third-order valence-electron chi connectivity index (χ3n) is 4.31. The molecule has 21 heavy (non-hydrogen) atoms. The van der Waals surface area contributed by atoms with Gasteiger partial charge in [-0.1, -0.05) is 13.0 Å². The fraction of sp³-hybridized carbons (Fsp3) is 0.647. The third kappa shape index (κ3) is 4.53. The van der Waals surface area contributed by atoms with E-state index in [9.17, 15) is 4.79 Å². The van der Waals surface area contributed by atoms with E-state index in [4.69, 9.17) is 0 Å². The molecule has 1 aromatic rings. The number of piperidine rings is 1. The molecule has 0 radical (unpaired) electrons. The molecular weight excluding hydrogens is 262 g/mol. The van der Waals surface area contributed by atoms with Crippen molar-refractivity contribution in [3.05, 3.63) is 30.1 Å². The van der Waals surface area contributed by atoms with Crippen LogP contribution in [-0.2, 0) is 11.2 Å². The van der Waals surface area contributed by atoms with Gasteiger partial charge < -0.3 is 10.2 Å². The molecular formula is C17H27N3O. The van der Waals surface area contributed by atoms with Gasteiger partial charge in [0.05, 0.1) is 6.04 Å². The predicted molar refractivity (Wildman–Crippen MR) is 85.0 cm³/mol. The Labute approximate surface area is 127 Å². The number of rotatable bonds is 6. The Morgan fingerprint density at radius 3 is 3.05 bits per heavy atom. The smallest absolute Gasteiger partial charge is 0.239 e. The molecule has 0 aromatic carbocycles. The Kier molecular flexibility index (Phi) is 6.18. The summed E-state index contributed by atoms with van der Waals surface area (Å²) in [7, 11) is 0. The van der Waals surface area contributed by atoms with E-state index in [1.165, 1.54) is 6.42 Å². The van der Waals surface area contributed by atoms with Gasteiger partial charge in [-0.15, -0.1) is 0 Å². The van der Waals surface area contributed by atoms with Crippen molar-refractivity contribution in [2.24, 2.45) is 0 Å². The summed E-state index contributed by atoms with van der Waals surface area (Å²) >= 11 is 0. The Morgan fingerprint density at radius 1 is 1.48 bits per heavy atom. The quantitative estimate of drug-likeness (QED) is 0.874. The molecule has 0 bridgehead atoms. The standard InChI is InChI=1S/C17H27N3O/c1-3-16-9-5-7-13-20(16)17(21)14(2)18-12-10-15-8-4-6-11-19-15/h4,6,8,11,14,16,18H,3,5,7,9-10,12-13H2,1-2H3/t14-,16-/m1/s1. The summed E-state index contributed by atoms with van der Waals surface area (Å²) < 4.78 is 0. The van der Waals surface area contributed by atoms with Crippen molar-refractivity contribution in [2.45, 2.75) is 58.0 Å². The minimum Gasteiger partial charge on any atom is -0.338 e. The second-order valence-electron chi connectivity index (χ2n) is 5.84. The number of nitrogens with zero attached hydrogens (tertiary/aromatic N) is 2. The average Bonchev–Trinajstić information content (AvgIpc) is 2.55. The fourth-order valence-corrected chi connectivity index (χ4v) is 3.01. The highest BCUT2D eigenvalue weighted by atomic mass is 16.2. The Bertz CT molecular complexity index is 435. The van der Waals surface area contributed by atoms with Crippen LogP contribution in [0.25, 0.3) is 0 Å². The van der Waals surface area contributed by atoms with Crippen LogP contribution in [-0.4, -0.2) is 41.0 Å². The zero-order chi connectivity index (χ0) is 15.1. The van der Waals surface area contributed by atoms with Crippen LogP contribution < -0.4 is 5.32 Å². The summed E-state index contributed by atoms with van der Waals surface area (Å²) in [6.45, 7) is 5.86. The van der Waals surface area contributed by atoms with Gasteiger partial charge in [0, 0.05) is 37.4 Å². The first-order valence-electron chi connectivity index (χ1n) is 8.16. The zero-order valence-corrected chi connectivity index (χ0v) is 13.2. The minimum atomic E-state index is -0.110. The summed E-state index contributed by atoms with van der Waals surface area (Å²) in [5.74, 6) is 0.252. The van der Waals surface area contributed by atoms with Gasteiger partial charge in [-0.2, -0.15) is 0 Å². The van der Waals surface area contributed by atoms with Gasteiger partial charge in [-0.25, -0.2) is 0 Å². The molecule has 0 unspecified atom stereocenters. The monoisotopic (exact) mass is 289 g/mol. The van der Waals surface area contributed by atoms with E-state index >= 15 is 0 Å². The van der Waals surface area contributed by atoms with E-state index in [-0.39, 0.29) is 11.9 Å². The number of carbonyl (C=O) groups excluding carboxylic acids is 1. The molecule has 4 nitrogen and oxygen atoms in total. The molecule has 2 atom stereocenters. The second kappa shape index (κ2) is 8.13. The lowest BCUT2D eigenvalue weighted by Crippen LogP contribution is -2.51. The summed E-state index contributed by atoms with van der Waals surface area (Å²) in [5.41, 5.74) is 1.06. The van der Waals surface area contributed by atoms with Crippen LogP contribution in [0.4, 0.5) is 0 Å². The van der Waals surface area contributed by atoms with E-state index in [2.05, 4.69) is 22.1 Å². The molecule has 2 heterocycles. The number of nitrogens with one attached hydrogen (secondary N) is 1. The summed E-state index contributed by atoms with van der Waals surface area (Å²) in [6.07, 6.45) is 7.28. The maximum atomic E-state index is 12.6. The first kappa shape index (κ1) is 16.0. The number of hydrogen-bond acceptors (Lipinski definition) is 3. The van der Waals surface area contributed by atoms with E-state index < -0.39 is 0 Å². The summed E-state index contributed by atoms with van der Waals surface area (Å²) in [4.78, 5) is 18.9.